The third-order valence-corrected chi connectivity index (χ3v) is 12.4. The molecule has 37 heavy (non-hydrogen) atoms. The summed E-state index contributed by atoms with van der Waals surface area (Å²) in [5, 5.41) is 4.65. The van der Waals surface area contributed by atoms with E-state index in [0.717, 1.165) is 46.1 Å². The largest absolute Gasteiger partial charge is 0.379 e. The lowest BCUT2D eigenvalue weighted by Crippen LogP contribution is -2.42. The highest BCUT2D eigenvalue weighted by atomic mass is 28.3. The molecule has 0 amide bonds. The Balaban J connectivity index is 0.000000180. The van der Waals surface area contributed by atoms with Crippen molar-refractivity contribution in [3.63, 3.8) is 0 Å². The molecule has 2 aliphatic heterocycles. The second-order valence-electron chi connectivity index (χ2n) is 9.96. The van der Waals surface area contributed by atoms with Crippen molar-refractivity contribution in [2.75, 3.05) is 39.6 Å². The van der Waals surface area contributed by atoms with Gasteiger partial charge in [0, 0.05) is 13.2 Å². The molecule has 0 saturated carbocycles. The fourth-order valence-electron chi connectivity index (χ4n) is 4.45. The molecule has 0 N–H and O–H groups in total. The van der Waals surface area contributed by atoms with Crippen molar-refractivity contribution in [3.8, 4) is 0 Å². The molecule has 2 unspecified atom stereocenters. The van der Waals surface area contributed by atoms with Gasteiger partial charge in [-0.2, -0.15) is 0 Å². The maximum absolute atomic E-state index is 5.68. The fourth-order valence-corrected chi connectivity index (χ4v) is 9.10. The second-order valence-corrected chi connectivity index (χ2v) is 14.9. The van der Waals surface area contributed by atoms with Crippen molar-refractivity contribution in [1.29, 1.82) is 0 Å². The third-order valence-electron chi connectivity index (χ3n) is 6.84. The number of hydrogen-bond donors (Lipinski definition) is 0. The molecule has 0 spiro atoms. The number of hydrogen-bond acceptors (Lipinski definition) is 4. The van der Waals surface area contributed by atoms with Crippen molar-refractivity contribution in [1.82, 2.24) is 0 Å². The Bertz CT molecular complexity index is 970. The van der Waals surface area contributed by atoms with E-state index in [1.807, 2.05) is 0 Å². The molecule has 3 aromatic carbocycles. The number of epoxide rings is 2. The quantitative estimate of drug-likeness (QED) is 0.171. The first kappa shape index (κ1) is 28.0. The molecule has 4 nitrogen and oxygen atoms in total. The van der Waals surface area contributed by atoms with Crippen LogP contribution in [0.3, 0.4) is 0 Å². The highest BCUT2D eigenvalue weighted by Gasteiger charge is 2.23. The monoisotopic (exact) mass is 534 g/mol. The van der Waals surface area contributed by atoms with Gasteiger partial charge in [0.25, 0.3) is 0 Å². The highest BCUT2D eigenvalue weighted by molar-refractivity contribution is 6.85. The van der Waals surface area contributed by atoms with Crippen molar-refractivity contribution in [2.24, 2.45) is 0 Å². The van der Waals surface area contributed by atoms with Gasteiger partial charge in [0.1, 0.15) is 21.0 Å². The van der Waals surface area contributed by atoms with E-state index in [4.69, 9.17) is 18.9 Å². The van der Waals surface area contributed by atoms with Crippen molar-refractivity contribution >= 4 is 33.9 Å². The van der Waals surface area contributed by atoms with E-state index in [1.165, 1.54) is 34.4 Å². The lowest BCUT2D eigenvalue weighted by molar-refractivity contribution is 0.117. The first-order valence-electron chi connectivity index (χ1n) is 13.8. The third kappa shape index (κ3) is 11.1. The molecular weight excluding hydrogens is 493 g/mol. The van der Waals surface area contributed by atoms with Crippen LogP contribution in [0, 0.1) is 6.92 Å². The zero-order chi connectivity index (χ0) is 25.5. The molecule has 2 aliphatic rings. The molecule has 3 aromatic rings. The Hall–Kier alpha value is -2.07. The fraction of sp³-hybridized carbons (Fsp3) is 0.419. The molecule has 5 rings (SSSR count). The summed E-state index contributed by atoms with van der Waals surface area (Å²) in [4.78, 5) is 0. The standard InChI is InChI=1S/C18H22O2Si.C13H20O2Si/c1-3-8-17(9-4-1)21(18-10-5-2-6-11-18)13-7-12-19-14-16-15-20-16;1-11-5-2-3-6-13(11)16-8-4-7-14-9-12-10-15-12/h1-6,8-11,16,21H,7,12-15H2;2-3,5-6,12H,4,7-10,16H2,1H3. The van der Waals surface area contributed by atoms with Gasteiger partial charge in [-0.3, -0.25) is 0 Å². The molecule has 2 saturated heterocycles. The number of benzene rings is 3. The van der Waals surface area contributed by atoms with Gasteiger partial charge in [-0.05, 0) is 25.8 Å². The molecule has 2 fully saturated rings. The summed E-state index contributed by atoms with van der Waals surface area (Å²) in [6.07, 6.45) is 3.12. The minimum atomic E-state index is -1.11. The normalized spacial score (nSPS) is 18.1. The maximum Gasteiger partial charge on any atom is 0.104 e. The van der Waals surface area contributed by atoms with E-state index in [-0.39, 0.29) is 9.52 Å². The van der Waals surface area contributed by atoms with Crippen LogP contribution in [0.1, 0.15) is 18.4 Å². The smallest absolute Gasteiger partial charge is 0.104 e. The predicted octanol–water partition coefficient (Wildman–Crippen LogP) is 2.85. The Morgan fingerprint density at radius 2 is 1.24 bits per heavy atom. The average Bonchev–Trinajstić information content (AvgIpc) is 3.87. The summed E-state index contributed by atoms with van der Waals surface area (Å²) >= 11 is 0. The first-order chi connectivity index (χ1) is 18.3. The molecular formula is C31H42O4Si2. The van der Waals surface area contributed by atoms with Crippen LogP contribution in [0.25, 0.3) is 0 Å². The van der Waals surface area contributed by atoms with Gasteiger partial charge in [-0.25, -0.2) is 0 Å². The van der Waals surface area contributed by atoms with E-state index in [0.29, 0.717) is 12.2 Å². The Morgan fingerprint density at radius 1 is 0.730 bits per heavy atom. The Morgan fingerprint density at radius 3 is 1.78 bits per heavy atom. The van der Waals surface area contributed by atoms with Crippen molar-refractivity contribution in [2.45, 2.75) is 44.1 Å². The zero-order valence-corrected chi connectivity index (χ0v) is 24.8. The van der Waals surface area contributed by atoms with Crippen LogP contribution in [0.15, 0.2) is 84.9 Å². The van der Waals surface area contributed by atoms with Gasteiger partial charge in [-0.15, -0.1) is 0 Å². The minimum absolute atomic E-state index is 0.0833. The molecule has 0 aromatic heterocycles. The topological polar surface area (TPSA) is 43.5 Å². The summed E-state index contributed by atoms with van der Waals surface area (Å²) in [6.45, 7) is 7.31. The predicted molar refractivity (Wildman–Crippen MR) is 159 cm³/mol. The Labute approximate surface area is 226 Å². The van der Waals surface area contributed by atoms with Gasteiger partial charge in [0.2, 0.25) is 0 Å². The van der Waals surface area contributed by atoms with Crippen LogP contribution in [-0.2, 0) is 18.9 Å². The van der Waals surface area contributed by atoms with Crippen LogP contribution in [0.5, 0.6) is 0 Å². The van der Waals surface area contributed by atoms with Crippen LogP contribution in [0.2, 0.25) is 12.1 Å². The SMILES string of the molecule is Cc1ccccc1[SiH2]CCCOCC1CO1.c1ccc([SiH](CCCOCC2CO2)c2ccccc2)cc1. The first-order valence-corrected chi connectivity index (χ1v) is 17.5. The molecule has 2 heterocycles. The van der Waals surface area contributed by atoms with Gasteiger partial charge < -0.3 is 18.9 Å². The zero-order valence-electron chi connectivity index (χ0n) is 22.2. The van der Waals surface area contributed by atoms with Crippen LogP contribution in [-0.4, -0.2) is 70.2 Å². The molecule has 198 valence electrons. The van der Waals surface area contributed by atoms with E-state index in [2.05, 4.69) is 91.9 Å². The number of ether oxygens (including phenoxy) is 4. The summed E-state index contributed by atoms with van der Waals surface area (Å²) < 4.78 is 21.4. The average molecular weight is 535 g/mol. The summed E-state index contributed by atoms with van der Waals surface area (Å²) in [7, 11) is -1.20. The van der Waals surface area contributed by atoms with Crippen molar-refractivity contribution < 1.29 is 18.9 Å². The van der Waals surface area contributed by atoms with Crippen LogP contribution < -0.4 is 15.6 Å². The van der Waals surface area contributed by atoms with Gasteiger partial charge >= 0.3 is 0 Å². The van der Waals surface area contributed by atoms with Gasteiger partial charge in [0.05, 0.1) is 35.9 Å². The van der Waals surface area contributed by atoms with Crippen molar-refractivity contribution in [3.05, 3.63) is 90.5 Å². The second kappa shape index (κ2) is 16.0. The summed E-state index contributed by atoms with van der Waals surface area (Å²) in [5.41, 5.74) is 1.46. The maximum atomic E-state index is 5.68. The Kier molecular flexibility index (Phi) is 12.1. The lowest BCUT2D eigenvalue weighted by Gasteiger charge is -2.16. The number of aryl methyl sites for hydroxylation is 1. The van der Waals surface area contributed by atoms with E-state index < -0.39 is 8.80 Å². The van der Waals surface area contributed by atoms with E-state index >= 15 is 0 Å². The summed E-state index contributed by atoms with van der Waals surface area (Å²) in [5.74, 6) is 0. The van der Waals surface area contributed by atoms with Gasteiger partial charge in [0.15, 0.2) is 0 Å². The molecule has 0 radical (unpaired) electrons. The van der Waals surface area contributed by atoms with E-state index in [1.54, 1.807) is 5.19 Å². The van der Waals surface area contributed by atoms with Crippen LogP contribution in [0.4, 0.5) is 0 Å². The molecule has 6 heteroatoms. The van der Waals surface area contributed by atoms with E-state index in [9.17, 15) is 0 Å². The number of rotatable bonds is 15. The lowest BCUT2D eigenvalue weighted by atomic mass is 10.2. The molecule has 0 bridgehead atoms. The summed E-state index contributed by atoms with van der Waals surface area (Å²) in [6, 6.07) is 33.3. The van der Waals surface area contributed by atoms with Crippen LogP contribution >= 0.6 is 0 Å². The minimum Gasteiger partial charge on any atom is -0.379 e. The van der Waals surface area contributed by atoms with Gasteiger partial charge in [-0.1, -0.05) is 112 Å². The molecule has 0 aliphatic carbocycles. The molecule has 2 atom stereocenters. The highest BCUT2D eigenvalue weighted by Crippen LogP contribution is 2.10.